The molecule has 1 aromatic rings. The molecule has 0 spiro atoms. The highest BCUT2D eigenvalue weighted by molar-refractivity contribution is 9.09. The standard InChI is InChI=1S/C6H4BrNO3S/c7-2-5(9)4-1-6(8(10)11)12-3-4/h1,3H,2H2. The van der Waals surface area contributed by atoms with E-state index in [4.69, 9.17) is 0 Å². The van der Waals surface area contributed by atoms with Gasteiger partial charge in [-0.15, -0.1) is 0 Å². The van der Waals surface area contributed by atoms with E-state index >= 15 is 0 Å². The number of hydrogen-bond acceptors (Lipinski definition) is 4. The zero-order chi connectivity index (χ0) is 9.14. The van der Waals surface area contributed by atoms with Crippen molar-refractivity contribution >= 4 is 38.1 Å². The average molecular weight is 250 g/mol. The fourth-order valence-corrected chi connectivity index (χ4v) is 1.70. The van der Waals surface area contributed by atoms with Crippen molar-refractivity contribution in [1.82, 2.24) is 0 Å². The molecule has 6 heteroatoms. The molecule has 4 nitrogen and oxygen atoms in total. The summed E-state index contributed by atoms with van der Waals surface area (Å²) >= 11 is 3.94. The normalized spacial score (nSPS) is 9.75. The van der Waals surface area contributed by atoms with Crippen molar-refractivity contribution in [3.05, 3.63) is 27.1 Å². The zero-order valence-electron chi connectivity index (χ0n) is 5.82. The first kappa shape index (κ1) is 9.34. The van der Waals surface area contributed by atoms with E-state index < -0.39 is 4.92 Å². The molecule has 1 heterocycles. The van der Waals surface area contributed by atoms with Crippen LogP contribution in [0.1, 0.15) is 10.4 Å². The molecule has 0 aliphatic heterocycles. The number of thiophene rings is 1. The second-order valence-electron chi connectivity index (χ2n) is 1.99. The summed E-state index contributed by atoms with van der Waals surface area (Å²) in [7, 11) is 0. The van der Waals surface area contributed by atoms with Crippen LogP contribution >= 0.6 is 27.3 Å². The van der Waals surface area contributed by atoms with Gasteiger partial charge in [0.25, 0.3) is 0 Å². The molecule has 0 N–H and O–H groups in total. The van der Waals surface area contributed by atoms with Gasteiger partial charge in [0.15, 0.2) is 5.78 Å². The number of hydrogen-bond donors (Lipinski definition) is 0. The predicted octanol–water partition coefficient (Wildman–Crippen LogP) is 2.23. The van der Waals surface area contributed by atoms with Crippen molar-refractivity contribution in [2.24, 2.45) is 0 Å². The summed E-state index contributed by atoms with van der Waals surface area (Å²) in [5.41, 5.74) is 0.392. The average Bonchev–Trinajstić information content (AvgIpc) is 2.51. The lowest BCUT2D eigenvalue weighted by Crippen LogP contribution is -1.96. The molecular weight excluding hydrogens is 246 g/mol. The summed E-state index contributed by atoms with van der Waals surface area (Å²) in [6, 6.07) is 1.29. The molecule has 0 amide bonds. The summed E-state index contributed by atoms with van der Waals surface area (Å²) in [6.45, 7) is 0. The second-order valence-corrected chi connectivity index (χ2v) is 3.44. The fourth-order valence-electron chi connectivity index (χ4n) is 0.644. The number of halogens is 1. The van der Waals surface area contributed by atoms with E-state index in [2.05, 4.69) is 15.9 Å². The fraction of sp³-hybridized carbons (Fsp3) is 0.167. The minimum absolute atomic E-state index is 0.000648. The molecule has 0 saturated carbocycles. The molecule has 1 aromatic heterocycles. The van der Waals surface area contributed by atoms with Gasteiger partial charge in [-0.2, -0.15) is 0 Å². The van der Waals surface area contributed by atoms with Crippen LogP contribution in [0.5, 0.6) is 0 Å². The van der Waals surface area contributed by atoms with Crippen molar-refractivity contribution in [3.63, 3.8) is 0 Å². The molecule has 0 atom stereocenters. The van der Waals surface area contributed by atoms with Gasteiger partial charge in [0.05, 0.1) is 10.3 Å². The van der Waals surface area contributed by atoms with Crippen LogP contribution in [0.4, 0.5) is 5.00 Å². The van der Waals surface area contributed by atoms with E-state index in [-0.39, 0.29) is 16.1 Å². The molecular formula is C6H4BrNO3S. The maximum absolute atomic E-state index is 11.0. The Morgan fingerprint density at radius 1 is 1.75 bits per heavy atom. The molecule has 64 valence electrons. The lowest BCUT2D eigenvalue weighted by molar-refractivity contribution is -0.380. The van der Waals surface area contributed by atoms with Crippen LogP contribution in [0, 0.1) is 10.1 Å². The number of alkyl halides is 1. The molecule has 0 aliphatic rings. The highest BCUT2D eigenvalue weighted by atomic mass is 79.9. The first-order valence-electron chi connectivity index (χ1n) is 2.97. The van der Waals surface area contributed by atoms with Gasteiger partial charge in [-0.1, -0.05) is 27.3 Å². The molecule has 0 radical (unpaired) electrons. The van der Waals surface area contributed by atoms with Crippen LogP contribution in [0.2, 0.25) is 0 Å². The summed E-state index contributed by atoms with van der Waals surface area (Å²) in [5.74, 6) is -0.139. The topological polar surface area (TPSA) is 60.2 Å². The summed E-state index contributed by atoms with van der Waals surface area (Å²) in [6.07, 6.45) is 0. The van der Waals surface area contributed by atoms with Gasteiger partial charge in [0.2, 0.25) is 0 Å². The number of ketones is 1. The van der Waals surface area contributed by atoms with Gasteiger partial charge in [-0.25, -0.2) is 0 Å². The molecule has 0 unspecified atom stereocenters. The number of nitrogens with zero attached hydrogens (tertiary/aromatic N) is 1. The van der Waals surface area contributed by atoms with Gasteiger partial charge in [-0.05, 0) is 0 Å². The number of Topliss-reactive ketones (excluding diaryl/α,β-unsaturated/α-hetero) is 1. The van der Waals surface area contributed by atoms with E-state index in [9.17, 15) is 14.9 Å². The summed E-state index contributed by atoms with van der Waals surface area (Å²) in [4.78, 5) is 20.7. The maximum Gasteiger partial charge on any atom is 0.324 e. The number of carbonyl (C=O) groups excluding carboxylic acids is 1. The first-order chi connectivity index (χ1) is 5.65. The Morgan fingerprint density at radius 3 is 2.83 bits per heavy atom. The van der Waals surface area contributed by atoms with Crippen molar-refractivity contribution in [2.75, 3.05) is 5.33 Å². The van der Waals surface area contributed by atoms with E-state index in [1.165, 1.54) is 11.4 Å². The first-order valence-corrected chi connectivity index (χ1v) is 4.97. The van der Waals surface area contributed by atoms with Crippen LogP contribution < -0.4 is 0 Å². The molecule has 0 saturated heterocycles. The zero-order valence-corrected chi connectivity index (χ0v) is 8.22. The maximum atomic E-state index is 11.0. The highest BCUT2D eigenvalue weighted by Gasteiger charge is 2.13. The Balaban J connectivity index is 2.91. The minimum atomic E-state index is -0.504. The third kappa shape index (κ3) is 1.89. The van der Waals surface area contributed by atoms with Crippen molar-refractivity contribution < 1.29 is 9.72 Å². The van der Waals surface area contributed by atoms with Crippen LogP contribution in [-0.4, -0.2) is 16.0 Å². The Hall–Kier alpha value is -0.750. The predicted molar refractivity (Wildman–Crippen MR) is 49.1 cm³/mol. The quantitative estimate of drug-likeness (QED) is 0.357. The Kier molecular flexibility index (Phi) is 2.93. The van der Waals surface area contributed by atoms with Gasteiger partial charge < -0.3 is 0 Å². The molecule has 0 fully saturated rings. The van der Waals surface area contributed by atoms with Gasteiger partial charge in [0.1, 0.15) is 0 Å². The van der Waals surface area contributed by atoms with Crippen LogP contribution in [0.3, 0.4) is 0 Å². The van der Waals surface area contributed by atoms with E-state index in [1.807, 2.05) is 0 Å². The van der Waals surface area contributed by atoms with Crippen LogP contribution in [-0.2, 0) is 0 Å². The molecule has 12 heavy (non-hydrogen) atoms. The Bertz CT molecular complexity index is 322. The molecule has 1 rings (SSSR count). The lowest BCUT2D eigenvalue weighted by Gasteiger charge is -1.85. The Labute approximate surface area is 80.5 Å². The highest BCUT2D eigenvalue weighted by Crippen LogP contribution is 2.22. The van der Waals surface area contributed by atoms with Gasteiger partial charge in [0, 0.05) is 17.0 Å². The third-order valence-corrected chi connectivity index (χ3v) is 2.60. The van der Waals surface area contributed by atoms with E-state index in [0.29, 0.717) is 5.56 Å². The summed E-state index contributed by atoms with van der Waals surface area (Å²) < 4.78 is 0. The smallest absolute Gasteiger partial charge is 0.293 e. The third-order valence-electron chi connectivity index (χ3n) is 1.21. The largest absolute Gasteiger partial charge is 0.324 e. The minimum Gasteiger partial charge on any atom is -0.293 e. The van der Waals surface area contributed by atoms with Crippen molar-refractivity contribution in [3.8, 4) is 0 Å². The van der Waals surface area contributed by atoms with Crippen molar-refractivity contribution in [1.29, 1.82) is 0 Å². The summed E-state index contributed by atoms with van der Waals surface area (Å²) in [5, 5.41) is 11.9. The monoisotopic (exact) mass is 249 g/mol. The van der Waals surface area contributed by atoms with E-state index in [0.717, 1.165) is 11.3 Å². The lowest BCUT2D eigenvalue weighted by atomic mass is 10.2. The molecule has 0 bridgehead atoms. The molecule has 0 aliphatic carbocycles. The Morgan fingerprint density at radius 2 is 2.42 bits per heavy atom. The van der Waals surface area contributed by atoms with Gasteiger partial charge in [-0.3, -0.25) is 14.9 Å². The SMILES string of the molecule is O=C(CBr)c1csc([N+](=O)[O-])c1. The van der Waals surface area contributed by atoms with Crippen LogP contribution in [0.25, 0.3) is 0 Å². The van der Waals surface area contributed by atoms with Crippen LogP contribution in [0.15, 0.2) is 11.4 Å². The number of rotatable bonds is 3. The van der Waals surface area contributed by atoms with Gasteiger partial charge >= 0.3 is 5.00 Å². The van der Waals surface area contributed by atoms with Crippen molar-refractivity contribution in [2.45, 2.75) is 0 Å². The number of nitro groups is 1. The molecule has 0 aromatic carbocycles. The second kappa shape index (κ2) is 3.77. The number of carbonyl (C=O) groups is 1. The van der Waals surface area contributed by atoms with E-state index in [1.54, 1.807) is 0 Å².